The van der Waals surface area contributed by atoms with Crippen molar-refractivity contribution in [1.82, 2.24) is 10.2 Å². The predicted molar refractivity (Wildman–Crippen MR) is 125 cm³/mol. The van der Waals surface area contributed by atoms with Gasteiger partial charge in [0.1, 0.15) is 6.04 Å². The summed E-state index contributed by atoms with van der Waals surface area (Å²) in [5, 5.41) is 3.48. The SMILES string of the molecule is CCNC(=O)[C@H](Cc1ccccc1)N(Cc1ccccc1Cl)C(=O)Cc1ccccc1. The third-order valence-corrected chi connectivity index (χ3v) is 5.49. The molecule has 160 valence electrons. The first-order valence-corrected chi connectivity index (χ1v) is 10.8. The third kappa shape index (κ3) is 6.43. The van der Waals surface area contributed by atoms with Crippen LogP contribution >= 0.6 is 11.6 Å². The van der Waals surface area contributed by atoms with Gasteiger partial charge in [-0.05, 0) is 29.7 Å². The summed E-state index contributed by atoms with van der Waals surface area (Å²) in [4.78, 5) is 28.2. The molecule has 3 rings (SSSR count). The Hall–Kier alpha value is -3.11. The van der Waals surface area contributed by atoms with E-state index in [2.05, 4.69) is 5.32 Å². The number of benzene rings is 3. The minimum absolute atomic E-state index is 0.113. The maximum absolute atomic E-state index is 13.5. The van der Waals surface area contributed by atoms with Crippen LogP contribution in [0.1, 0.15) is 23.6 Å². The molecule has 0 spiro atoms. The van der Waals surface area contributed by atoms with Crippen molar-refractivity contribution in [3.8, 4) is 0 Å². The van der Waals surface area contributed by atoms with Crippen LogP contribution < -0.4 is 5.32 Å². The zero-order chi connectivity index (χ0) is 22.1. The lowest BCUT2D eigenvalue weighted by atomic mass is 10.0. The molecule has 0 bridgehead atoms. The smallest absolute Gasteiger partial charge is 0.243 e. The number of halogens is 1. The summed E-state index contributed by atoms with van der Waals surface area (Å²) in [6, 6.07) is 26.1. The molecule has 5 heteroatoms. The number of carbonyl (C=O) groups excluding carboxylic acids is 2. The van der Waals surface area contributed by atoms with E-state index in [0.717, 1.165) is 16.7 Å². The number of amides is 2. The summed E-state index contributed by atoms with van der Waals surface area (Å²) in [5.41, 5.74) is 2.72. The highest BCUT2D eigenvalue weighted by atomic mass is 35.5. The molecule has 3 aromatic rings. The van der Waals surface area contributed by atoms with Crippen LogP contribution in [0, 0.1) is 0 Å². The molecule has 0 aliphatic heterocycles. The van der Waals surface area contributed by atoms with Crippen molar-refractivity contribution in [3.05, 3.63) is 107 Å². The monoisotopic (exact) mass is 434 g/mol. The molecule has 0 fully saturated rings. The first-order chi connectivity index (χ1) is 15.1. The Morgan fingerprint density at radius 2 is 1.45 bits per heavy atom. The van der Waals surface area contributed by atoms with Crippen LogP contribution in [0.15, 0.2) is 84.9 Å². The second-order valence-corrected chi connectivity index (χ2v) is 7.78. The van der Waals surface area contributed by atoms with E-state index in [1.165, 1.54) is 0 Å². The van der Waals surface area contributed by atoms with E-state index >= 15 is 0 Å². The zero-order valence-electron chi connectivity index (χ0n) is 17.6. The molecule has 0 aliphatic rings. The van der Waals surface area contributed by atoms with Gasteiger partial charge in [0, 0.05) is 24.5 Å². The van der Waals surface area contributed by atoms with Crippen molar-refractivity contribution in [3.63, 3.8) is 0 Å². The fourth-order valence-electron chi connectivity index (χ4n) is 3.53. The molecule has 0 unspecified atom stereocenters. The van der Waals surface area contributed by atoms with Crippen LogP contribution in [0.4, 0.5) is 0 Å². The minimum atomic E-state index is -0.644. The van der Waals surface area contributed by atoms with Gasteiger partial charge in [-0.3, -0.25) is 9.59 Å². The first-order valence-electron chi connectivity index (χ1n) is 10.5. The molecule has 2 amide bonds. The van der Waals surface area contributed by atoms with Crippen molar-refractivity contribution in [2.75, 3.05) is 6.54 Å². The number of nitrogens with one attached hydrogen (secondary N) is 1. The van der Waals surface area contributed by atoms with Crippen LogP contribution in [0.2, 0.25) is 5.02 Å². The summed E-state index contributed by atoms with van der Waals surface area (Å²) >= 11 is 6.40. The van der Waals surface area contributed by atoms with Crippen LogP contribution in [-0.4, -0.2) is 29.3 Å². The van der Waals surface area contributed by atoms with Gasteiger partial charge >= 0.3 is 0 Å². The maximum atomic E-state index is 13.5. The number of hydrogen-bond acceptors (Lipinski definition) is 2. The standard InChI is InChI=1S/C26H27ClN2O2/c1-2-28-26(31)24(17-20-11-5-3-6-12-20)29(19-22-15-9-10-16-23(22)27)25(30)18-21-13-7-4-8-14-21/h3-16,24H,2,17-19H2,1H3,(H,28,31)/t24-/m0/s1. The average Bonchev–Trinajstić information content (AvgIpc) is 2.79. The summed E-state index contributed by atoms with van der Waals surface area (Å²) in [6.45, 7) is 2.64. The fourth-order valence-corrected chi connectivity index (χ4v) is 3.72. The van der Waals surface area contributed by atoms with Gasteiger partial charge in [0.15, 0.2) is 0 Å². The summed E-state index contributed by atoms with van der Waals surface area (Å²) in [7, 11) is 0. The average molecular weight is 435 g/mol. The quantitative estimate of drug-likeness (QED) is 0.532. The maximum Gasteiger partial charge on any atom is 0.243 e. The van der Waals surface area contributed by atoms with E-state index < -0.39 is 6.04 Å². The Labute approximate surface area is 188 Å². The van der Waals surface area contributed by atoms with Crippen molar-refractivity contribution in [2.24, 2.45) is 0 Å². The van der Waals surface area contributed by atoms with E-state index in [9.17, 15) is 9.59 Å². The van der Waals surface area contributed by atoms with Gasteiger partial charge in [-0.15, -0.1) is 0 Å². The van der Waals surface area contributed by atoms with Crippen molar-refractivity contribution < 1.29 is 9.59 Å². The lowest BCUT2D eigenvalue weighted by Gasteiger charge is -2.32. The second-order valence-electron chi connectivity index (χ2n) is 7.38. The zero-order valence-corrected chi connectivity index (χ0v) is 18.4. The summed E-state index contributed by atoms with van der Waals surface area (Å²) in [5.74, 6) is -0.280. The van der Waals surface area contributed by atoms with Crippen molar-refractivity contribution >= 4 is 23.4 Å². The third-order valence-electron chi connectivity index (χ3n) is 5.12. The van der Waals surface area contributed by atoms with E-state index in [1.54, 1.807) is 11.0 Å². The molecule has 0 saturated carbocycles. The highest BCUT2D eigenvalue weighted by molar-refractivity contribution is 6.31. The molecule has 3 aromatic carbocycles. The van der Waals surface area contributed by atoms with E-state index in [1.807, 2.05) is 85.8 Å². The van der Waals surface area contributed by atoms with Gasteiger partial charge in [-0.2, -0.15) is 0 Å². The molecular formula is C26H27ClN2O2. The Bertz CT molecular complexity index is 993. The molecular weight excluding hydrogens is 408 g/mol. The minimum Gasteiger partial charge on any atom is -0.355 e. The van der Waals surface area contributed by atoms with Gasteiger partial charge in [0.2, 0.25) is 11.8 Å². The molecule has 4 nitrogen and oxygen atoms in total. The Kier molecular flexibility index (Phi) is 8.25. The number of likely N-dealkylation sites (N-methyl/N-ethyl adjacent to an activating group) is 1. The first kappa shape index (κ1) is 22.6. The van der Waals surface area contributed by atoms with Crippen LogP contribution in [0.5, 0.6) is 0 Å². The Morgan fingerprint density at radius 3 is 2.06 bits per heavy atom. The molecule has 0 aromatic heterocycles. The largest absolute Gasteiger partial charge is 0.355 e. The molecule has 1 atom stereocenters. The fraction of sp³-hybridized carbons (Fsp3) is 0.231. The normalized spacial score (nSPS) is 11.5. The van der Waals surface area contributed by atoms with Crippen LogP contribution in [0.25, 0.3) is 0 Å². The van der Waals surface area contributed by atoms with Gasteiger partial charge in [0.25, 0.3) is 0 Å². The Morgan fingerprint density at radius 1 is 0.871 bits per heavy atom. The van der Waals surface area contributed by atoms with Crippen molar-refractivity contribution in [1.29, 1.82) is 0 Å². The lowest BCUT2D eigenvalue weighted by molar-refractivity contribution is -0.140. The van der Waals surface area contributed by atoms with Gasteiger partial charge < -0.3 is 10.2 Å². The topological polar surface area (TPSA) is 49.4 Å². The van der Waals surface area contributed by atoms with Gasteiger partial charge in [0.05, 0.1) is 6.42 Å². The lowest BCUT2D eigenvalue weighted by Crippen LogP contribution is -2.51. The molecule has 0 radical (unpaired) electrons. The van der Waals surface area contributed by atoms with Crippen molar-refractivity contribution in [2.45, 2.75) is 32.4 Å². The van der Waals surface area contributed by atoms with E-state index in [-0.39, 0.29) is 24.8 Å². The summed E-state index contributed by atoms with van der Waals surface area (Å²) in [6.07, 6.45) is 0.646. The van der Waals surface area contributed by atoms with Gasteiger partial charge in [-0.25, -0.2) is 0 Å². The molecule has 0 saturated heterocycles. The van der Waals surface area contributed by atoms with Crippen LogP contribution in [-0.2, 0) is 29.0 Å². The highest BCUT2D eigenvalue weighted by Crippen LogP contribution is 2.21. The van der Waals surface area contributed by atoms with E-state index in [4.69, 9.17) is 11.6 Å². The number of rotatable bonds is 9. The highest BCUT2D eigenvalue weighted by Gasteiger charge is 2.30. The number of hydrogen-bond donors (Lipinski definition) is 1. The molecule has 1 N–H and O–H groups in total. The van der Waals surface area contributed by atoms with Gasteiger partial charge in [-0.1, -0.05) is 90.5 Å². The van der Waals surface area contributed by atoms with Crippen LogP contribution in [0.3, 0.4) is 0 Å². The molecule has 0 heterocycles. The number of carbonyl (C=O) groups is 2. The summed E-state index contributed by atoms with van der Waals surface area (Å²) < 4.78 is 0. The second kappa shape index (κ2) is 11.3. The number of nitrogens with zero attached hydrogens (tertiary/aromatic N) is 1. The molecule has 31 heavy (non-hydrogen) atoms. The molecule has 0 aliphatic carbocycles. The Balaban J connectivity index is 1.95. The predicted octanol–water partition coefficient (Wildman–Crippen LogP) is 4.66. The van der Waals surface area contributed by atoms with E-state index in [0.29, 0.717) is 18.0 Å².